The van der Waals surface area contributed by atoms with Gasteiger partial charge in [0.1, 0.15) is 5.82 Å². The zero-order valence-electron chi connectivity index (χ0n) is 19.6. The van der Waals surface area contributed by atoms with Crippen molar-refractivity contribution >= 4 is 65.6 Å². The highest BCUT2D eigenvalue weighted by atomic mass is 79.9. The van der Waals surface area contributed by atoms with Crippen LogP contribution in [-0.4, -0.2) is 42.7 Å². The zero-order valence-corrected chi connectivity index (χ0v) is 22.0. The minimum Gasteiger partial charge on any atom is -0.365 e. The number of halogens is 1. The Morgan fingerprint density at radius 3 is 2.83 bits per heavy atom. The zero-order chi connectivity index (χ0) is 25.1. The van der Waals surface area contributed by atoms with Crippen LogP contribution in [-0.2, 0) is 16.6 Å². The fraction of sp³-hybridized carbons (Fsp3) is 0.200. The van der Waals surface area contributed by atoms with Crippen molar-refractivity contribution in [1.82, 2.24) is 20.3 Å². The second-order valence-electron chi connectivity index (χ2n) is 8.59. The molecule has 2 aromatic carbocycles. The van der Waals surface area contributed by atoms with E-state index in [-0.39, 0.29) is 0 Å². The molecule has 1 aliphatic heterocycles. The van der Waals surface area contributed by atoms with E-state index in [0.717, 1.165) is 52.4 Å². The standard InChI is InChI=1S/C25H26BrN7O2S/c1-36(34,35)33-19-4-2-3-16(11-19)13-29-24-22(26)15-30-25(32-24)31-18-5-6-23-20(12-18)21(14-28-23)17-7-9-27-10-8-17/h2-7,11-12,14-15,27-28,33H,8-10,13H2,1H3,(H2,29,30,31,32). The van der Waals surface area contributed by atoms with Crippen molar-refractivity contribution in [3.63, 3.8) is 0 Å². The third kappa shape index (κ3) is 5.86. The number of aromatic amines is 1. The Bertz CT molecular complexity index is 1550. The molecule has 0 spiro atoms. The van der Waals surface area contributed by atoms with Gasteiger partial charge in [0.05, 0.1) is 10.7 Å². The van der Waals surface area contributed by atoms with E-state index in [4.69, 9.17) is 0 Å². The molecule has 36 heavy (non-hydrogen) atoms. The summed E-state index contributed by atoms with van der Waals surface area (Å²) in [5, 5.41) is 11.1. The molecule has 0 radical (unpaired) electrons. The Kier molecular flexibility index (Phi) is 6.95. The van der Waals surface area contributed by atoms with Crippen LogP contribution in [0.1, 0.15) is 17.5 Å². The third-order valence-corrected chi connectivity index (χ3v) is 6.97. The van der Waals surface area contributed by atoms with Crippen LogP contribution < -0.4 is 20.7 Å². The van der Waals surface area contributed by atoms with Crippen LogP contribution in [0.2, 0.25) is 0 Å². The first kappa shape index (κ1) is 24.3. The number of benzene rings is 2. The Labute approximate surface area is 218 Å². The van der Waals surface area contributed by atoms with E-state index in [9.17, 15) is 8.42 Å². The van der Waals surface area contributed by atoms with Crippen LogP contribution in [0.5, 0.6) is 0 Å². The highest BCUT2D eigenvalue weighted by molar-refractivity contribution is 9.10. The molecule has 0 aliphatic carbocycles. The van der Waals surface area contributed by atoms with Crippen molar-refractivity contribution in [2.45, 2.75) is 13.0 Å². The van der Waals surface area contributed by atoms with Crippen LogP contribution in [0.3, 0.4) is 0 Å². The minimum atomic E-state index is -3.34. The predicted molar refractivity (Wildman–Crippen MR) is 149 cm³/mol. The largest absolute Gasteiger partial charge is 0.365 e. The maximum absolute atomic E-state index is 11.5. The highest BCUT2D eigenvalue weighted by Crippen LogP contribution is 2.31. The van der Waals surface area contributed by atoms with E-state index >= 15 is 0 Å². The SMILES string of the molecule is CS(=O)(=O)Nc1cccc(CNc2nc(Nc3ccc4[nH]cc(C5=CCNCC5)c4c3)ncc2Br)c1. The van der Waals surface area contributed by atoms with Gasteiger partial charge in [-0.1, -0.05) is 18.2 Å². The third-order valence-electron chi connectivity index (χ3n) is 5.78. The van der Waals surface area contributed by atoms with Crippen molar-refractivity contribution in [2.75, 3.05) is 34.7 Å². The number of anilines is 4. The van der Waals surface area contributed by atoms with E-state index < -0.39 is 10.0 Å². The molecular weight excluding hydrogens is 542 g/mol. The summed E-state index contributed by atoms with van der Waals surface area (Å²) in [7, 11) is -3.34. The van der Waals surface area contributed by atoms with Gasteiger partial charge < -0.3 is 20.9 Å². The number of H-pyrrole nitrogens is 1. The van der Waals surface area contributed by atoms with Gasteiger partial charge in [0.2, 0.25) is 16.0 Å². The average Bonchev–Trinajstić information content (AvgIpc) is 3.27. The van der Waals surface area contributed by atoms with E-state index in [1.54, 1.807) is 24.4 Å². The molecule has 1 aliphatic rings. The Hall–Kier alpha value is -3.41. The summed E-state index contributed by atoms with van der Waals surface area (Å²) in [5.74, 6) is 1.09. The van der Waals surface area contributed by atoms with E-state index in [1.807, 2.05) is 12.1 Å². The van der Waals surface area contributed by atoms with Gasteiger partial charge in [-0.3, -0.25) is 4.72 Å². The lowest BCUT2D eigenvalue weighted by Crippen LogP contribution is -2.19. The molecule has 0 saturated carbocycles. The molecule has 0 unspecified atom stereocenters. The average molecular weight is 569 g/mol. The van der Waals surface area contributed by atoms with E-state index in [1.165, 1.54) is 11.1 Å². The fourth-order valence-electron chi connectivity index (χ4n) is 4.16. The lowest BCUT2D eigenvalue weighted by molar-refractivity contribution is 0.607. The molecule has 4 aromatic rings. The van der Waals surface area contributed by atoms with Crippen LogP contribution in [0.15, 0.2) is 65.4 Å². The summed E-state index contributed by atoms with van der Waals surface area (Å²) >= 11 is 3.50. The first-order valence-corrected chi connectivity index (χ1v) is 14.1. The summed E-state index contributed by atoms with van der Waals surface area (Å²) in [5.41, 5.74) is 5.97. The monoisotopic (exact) mass is 567 g/mol. The number of hydrogen-bond donors (Lipinski definition) is 5. The highest BCUT2D eigenvalue weighted by Gasteiger charge is 2.12. The second kappa shape index (κ2) is 10.3. The Morgan fingerprint density at radius 2 is 2.03 bits per heavy atom. The quantitative estimate of drug-likeness (QED) is 0.206. The van der Waals surface area contributed by atoms with Crippen molar-refractivity contribution in [3.8, 4) is 0 Å². The van der Waals surface area contributed by atoms with Crippen LogP contribution >= 0.6 is 15.9 Å². The normalized spacial score (nSPS) is 13.9. The van der Waals surface area contributed by atoms with Crippen molar-refractivity contribution in [1.29, 1.82) is 0 Å². The maximum atomic E-state index is 11.5. The lowest BCUT2D eigenvalue weighted by atomic mass is 9.99. The lowest BCUT2D eigenvalue weighted by Gasteiger charge is -2.14. The van der Waals surface area contributed by atoms with Gasteiger partial charge in [-0.25, -0.2) is 13.4 Å². The van der Waals surface area contributed by atoms with Crippen LogP contribution in [0, 0.1) is 0 Å². The van der Waals surface area contributed by atoms with Gasteiger partial charge in [0.25, 0.3) is 0 Å². The summed E-state index contributed by atoms with van der Waals surface area (Å²) in [6, 6.07) is 13.4. The number of nitrogens with zero attached hydrogens (tertiary/aromatic N) is 2. The number of fused-ring (bicyclic) bond motifs is 1. The molecule has 0 bridgehead atoms. The smallest absolute Gasteiger partial charge is 0.229 e. The molecule has 0 fully saturated rings. The minimum absolute atomic E-state index is 0.455. The van der Waals surface area contributed by atoms with Gasteiger partial charge in [0, 0.05) is 53.3 Å². The topological polar surface area (TPSA) is 124 Å². The summed E-state index contributed by atoms with van der Waals surface area (Å²) in [4.78, 5) is 12.4. The predicted octanol–water partition coefficient (Wildman–Crippen LogP) is 4.82. The molecule has 0 atom stereocenters. The summed E-state index contributed by atoms with van der Waals surface area (Å²) < 4.78 is 26.2. The number of sulfonamides is 1. The molecule has 186 valence electrons. The molecule has 9 nitrogen and oxygen atoms in total. The van der Waals surface area contributed by atoms with Gasteiger partial charge in [0.15, 0.2) is 0 Å². The molecule has 3 heterocycles. The van der Waals surface area contributed by atoms with Gasteiger partial charge in [-0.15, -0.1) is 0 Å². The maximum Gasteiger partial charge on any atom is 0.229 e. The van der Waals surface area contributed by atoms with Crippen LogP contribution in [0.4, 0.5) is 23.1 Å². The molecule has 0 saturated heterocycles. The van der Waals surface area contributed by atoms with Crippen molar-refractivity contribution < 1.29 is 8.42 Å². The number of rotatable bonds is 8. The Morgan fingerprint density at radius 1 is 1.14 bits per heavy atom. The van der Waals surface area contributed by atoms with Crippen molar-refractivity contribution in [2.24, 2.45) is 0 Å². The molecule has 2 aromatic heterocycles. The molecule has 0 amide bonds. The number of aromatic nitrogens is 3. The summed E-state index contributed by atoms with van der Waals surface area (Å²) in [6.45, 7) is 2.33. The van der Waals surface area contributed by atoms with E-state index in [0.29, 0.717) is 24.0 Å². The van der Waals surface area contributed by atoms with Crippen LogP contribution in [0.25, 0.3) is 16.5 Å². The molecular formula is C25H26BrN7O2S. The molecule has 5 rings (SSSR count). The fourth-order valence-corrected chi connectivity index (χ4v) is 5.04. The molecule has 11 heteroatoms. The number of nitrogens with one attached hydrogen (secondary N) is 5. The first-order chi connectivity index (χ1) is 17.3. The second-order valence-corrected chi connectivity index (χ2v) is 11.2. The van der Waals surface area contributed by atoms with Gasteiger partial charge in [-0.2, -0.15) is 4.98 Å². The van der Waals surface area contributed by atoms with Gasteiger partial charge in [-0.05, 0) is 70.4 Å². The first-order valence-electron chi connectivity index (χ1n) is 11.5. The summed E-state index contributed by atoms with van der Waals surface area (Å²) in [6.07, 6.45) is 8.14. The number of hydrogen-bond acceptors (Lipinski definition) is 7. The molecule has 5 N–H and O–H groups in total. The van der Waals surface area contributed by atoms with Gasteiger partial charge >= 0.3 is 0 Å². The van der Waals surface area contributed by atoms with Crippen molar-refractivity contribution in [3.05, 3.63) is 76.5 Å². The Balaban J connectivity index is 1.32. The van der Waals surface area contributed by atoms with E-state index in [2.05, 4.69) is 76.0 Å².